The predicted molar refractivity (Wildman–Crippen MR) is 63.9 cm³/mol. The molecule has 2 rings (SSSR count). The summed E-state index contributed by atoms with van der Waals surface area (Å²) in [5.74, 6) is -0.757. The molecule has 2 fully saturated rings. The summed E-state index contributed by atoms with van der Waals surface area (Å²) in [4.78, 5) is 14.8. The summed E-state index contributed by atoms with van der Waals surface area (Å²) in [6.07, 6.45) is 4.11. The van der Waals surface area contributed by atoms with Crippen molar-refractivity contribution in [1.29, 1.82) is 0 Å². The molecule has 2 N–H and O–H groups in total. The van der Waals surface area contributed by atoms with Crippen LogP contribution in [0.2, 0.25) is 0 Å². The Kier molecular flexibility index (Phi) is 4.01. The second kappa shape index (κ2) is 5.33. The van der Waals surface area contributed by atoms with Crippen molar-refractivity contribution in [2.75, 3.05) is 39.3 Å². The molecular weight excluding hydrogens is 220 g/mol. The number of aliphatic carboxylic acids is 1. The second-order valence-corrected chi connectivity index (χ2v) is 5.38. The largest absolute Gasteiger partial charge is 0.480 e. The number of carbonyl (C=O) groups is 1. The lowest BCUT2D eigenvalue weighted by atomic mass is 10.0. The molecule has 0 bridgehead atoms. The van der Waals surface area contributed by atoms with Gasteiger partial charge in [0.15, 0.2) is 0 Å². The fourth-order valence-corrected chi connectivity index (χ4v) is 2.90. The number of nitrogens with zero attached hydrogens (tertiary/aromatic N) is 2. The Labute approximate surface area is 102 Å². The molecule has 0 atom stereocenters. The van der Waals surface area contributed by atoms with E-state index in [0.717, 1.165) is 58.4 Å². The lowest BCUT2D eigenvalue weighted by Gasteiger charge is -2.37. The highest BCUT2D eigenvalue weighted by atomic mass is 16.4. The van der Waals surface area contributed by atoms with Crippen LogP contribution in [0.1, 0.15) is 25.7 Å². The van der Waals surface area contributed by atoms with Gasteiger partial charge < -0.3 is 10.2 Å². The quantitative estimate of drug-likeness (QED) is 0.726. The van der Waals surface area contributed by atoms with Crippen molar-refractivity contribution in [3.05, 3.63) is 0 Å². The summed E-state index contributed by atoms with van der Waals surface area (Å²) >= 11 is 0. The van der Waals surface area contributed by atoms with Crippen molar-refractivity contribution in [3.63, 3.8) is 0 Å². The maximum Gasteiger partial charge on any atom is 0.317 e. The summed E-state index contributed by atoms with van der Waals surface area (Å²) in [6.45, 7) is 4.22. The van der Waals surface area contributed by atoms with E-state index in [2.05, 4.69) is 4.90 Å². The number of carboxylic acids is 1. The lowest BCUT2D eigenvalue weighted by molar-refractivity contribution is -0.138. The summed E-state index contributed by atoms with van der Waals surface area (Å²) in [5, 5.41) is 19.0. The molecule has 5 nitrogen and oxygen atoms in total. The molecule has 98 valence electrons. The van der Waals surface area contributed by atoms with Crippen LogP contribution in [0, 0.1) is 0 Å². The first kappa shape index (κ1) is 12.8. The third-order valence-electron chi connectivity index (χ3n) is 3.88. The first-order chi connectivity index (χ1) is 8.07. The molecule has 17 heavy (non-hydrogen) atoms. The highest BCUT2D eigenvalue weighted by Gasteiger charge is 2.33. The Morgan fingerprint density at radius 2 is 1.59 bits per heavy atom. The zero-order chi connectivity index (χ0) is 12.3. The van der Waals surface area contributed by atoms with E-state index in [-0.39, 0.29) is 6.54 Å². The van der Waals surface area contributed by atoms with Crippen LogP contribution in [0.3, 0.4) is 0 Å². The maximum atomic E-state index is 10.6. The first-order valence-corrected chi connectivity index (χ1v) is 6.46. The third-order valence-corrected chi connectivity index (χ3v) is 3.88. The van der Waals surface area contributed by atoms with E-state index in [1.54, 1.807) is 0 Å². The first-order valence-electron chi connectivity index (χ1n) is 6.46. The van der Waals surface area contributed by atoms with Gasteiger partial charge in [0.05, 0.1) is 12.1 Å². The monoisotopic (exact) mass is 242 g/mol. The zero-order valence-corrected chi connectivity index (χ0v) is 10.3. The molecule has 1 heterocycles. The van der Waals surface area contributed by atoms with Crippen molar-refractivity contribution in [1.82, 2.24) is 9.80 Å². The Morgan fingerprint density at radius 3 is 2.12 bits per heavy atom. The van der Waals surface area contributed by atoms with Crippen LogP contribution in [0.15, 0.2) is 0 Å². The summed E-state index contributed by atoms with van der Waals surface area (Å²) in [6, 6.07) is 0. The summed E-state index contributed by atoms with van der Waals surface area (Å²) in [7, 11) is 0. The van der Waals surface area contributed by atoms with Gasteiger partial charge in [-0.1, -0.05) is 12.8 Å². The molecule has 0 radical (unpaired) electrons. The number of hydrogen-bond donors (Lipinski definition) is 2. The van der Waals surface area contributed by atoms with Gasteiger partial charge in [0.25, 0.3) is 0 Å². The topological polar surface area (TPSA) is 64.0 Å². The smallest absolute Gasteiger partial charge is 0.317 e. The predicted octanol–water partition coefficient (Wildman–Crippen LogP) is -0.00630. The van der Waals surface area contributed by atoms with Crippen molar-refractivity contribution in [2.24, 2.45) is 0 Å². The van der Waals surface area contributed by atoms with Gasteiger partial charge in [0.1, 0.15) is 0 Å². The number of β-amino-alcohol motifs (C(OH)–C–C–N with tert-alkyl or cyclic N) is 1. The Bertz CT molecular complexity index is 269. The Hall–Kier alpha value is -0.650. The second-order valence-electron chi connectivity index (χ2n) is 5.38. The molecule has 1 aliphatic carbocycles. The van der Waals surface area contributed by atoms with Gasteiger partial charge in [-0.05, 0) is 12.8 Å². The molecule has 0 amide bonds. The normalized spacial score (nSPS) is 26.2. The standard InChI is InChI=1S/C12H22N2O3/c15-11(16)9-13-5-7-14(8-6-13)10-12(17)3-1-2-4-12/h17H,1-10H2,(H,15,16). The van der Waals surface area contributed by atoms with Crippen molar-refractivity contribution in [3.8, 4) is 0 Å². The van der Waals surface area contributed by atoms with Gasteiger partial charge >= 0.3 is 5.97 Å². The molecule has 0 spiro atoms. The van der Waals surface area contributed by atoms with E-state index in [1.165, 1.54) is 0 Å². The van der Waals surface area contributed by atoms with Crippen molar-refractivity contribution >= 4 is 5.97 Å². The number of hydrogen-bond acceptors (Lipinski definition) is 4. The number of carboxylic acid groups (broad SMARTS) is 1. The molecule has 0 aromatic carbocycles. The van der Waals surface area contributed by atoms with Crippen LogP contribution in [-0.2, 0) is 4.79 Å². The Balaban J connectivity index is 1.73. The van der Waals surface area contributed by atoms with Crippen LogP contribution in [0.5, 0.6) is 0 Å². The number of piperazine rings is 1. The minimum atomic E-state index is -0.757. The Morgan fingerprint density at radius 1 is 1.06 bits per heavy atom. The average Bonchev–Trinajstić information content (AvgIpc) is 2.67. The molecule has 1 aliphatic heterocycles. The van der Waals surface area contributed by atoms with Gasteiger partial charge in [-0.15, -0.1) is 0 Å². The molecule has 0 aromatic rings. The fraction of sp³-hybridized carbons (Fsp3) is 0.917. The highest BCUT2D eigenvalue weighted by molar-refractivity contribution is 5.69. The average molecular weight is 242 g/mol. The van der Waals surface area contributed by atoms with Crippen LogP contribution in [0.4, 0.5) is 0 Å². The van der Waals surface area contributed by atoms with Crippen LogP contribution in [0.25, 0.3) is 0 Å². The summed E-state index contributed by atoms with van der Waals surface area (Å²) in [5.41, 5.74) is -0.477. The van der Waals surface area contributed by atoms with Gasteiger partial charge in [-0.2, -0.15) is 0 Å². The lowest BCUT2D eigenvalue weighted by Crippen LogP contribution is -2.52. The molecule has 1 saturated carbocycles. The van der Waals surface area contributed by atoms with Crippen LogP contribution in [-0.4, -0.2) is 70.9 Å². The highest BCUT2D eigenvalue weighted by Crippen LogP contribution is 2.30. The van der Waals surface area contributed by atoms with Gasteiger partial charge in [-0.25, -0.2) is 0 Å². The molecule has 5 heteroatoms. The summed E-state index contributed by atoms with van der Waals surface area (Å²) < 4.78 is 0. The number of rotatable bonds is 4. The fourth-order valence-electron chi connectivity index (χ4n) is 2.90. The van der Waals surface area contributed by atoms with Crippen LogP contribution >= 0.6 is 0 Å². The van der Waals surface area contributed by atoms with Crippen LogP contribution < -0.4 is 0 Å². The van der Waals surface area contributed by atoms with E-state index in [1.807, 2.05) is 4.90 Å². The number of aliphatic hydroxyl groups is 1. The van der Waals surface area contributed by atoms with E-state index < -0.39 is 11.6 Å². The van der Waals surface area contributed by atoms with E-state index in [0.29, 0.717) is 0 Å². The molecule has 2 aliphatic rings. The van der Waals surface area contributed by atoms with Gasteiger partial charge in [0.2, 0.25) is 0 Å². The SMILES string of the molecule is O=C(O)CN1CCN(CC2(O)CCCC2)CC1. The minimum Gasteiger partial charge on any atom is -0.480 e. The minimum absolute atomic E-state index is 0.137. The molecule has 0 unspecified atom stereocenters. The molecule has 0 aromatic heterocycles. The van der Waals surface area contributed by atoms with Gasteiger partial charge in [-0.3, -0.25) is 14.6 Å². The van der Waals surface area contributed by atoms with Gasteiger partial charge in [0, 0.05) is 32.7 Å². The molecule has 1 saturated heterocycles. The zero-order valence-electron chi connectivity index (χ0n) is 10.3. The van der Waals surface area contributed by atoms with E-state index >= 15 is 0 Å². The van der Waals surface area contributed by atoms with E-state index in [9.17, 15) is 9.90 Å². The van der Waals surface area contributed by atoms with Crippen molar-refractivity contribution < 1.29 is 15.0 Å². The molecular formula is C12H22N2O3. The van der Waals surface area contributed by atoms with E-state index in [4.69, 9.17) is 5.11 Å². The third kappa shape index (κ3) is 3.66. The maximum absolute atomic E-state index is 10.6. The van der Waals surface area contributed by atoms with Crippen molar-refractivity contribution in [2.45, 2.75) is 31.3 Å².